The summed E-state index contributed by atoms with van der Waals surface area (Å²) in [5, 5.41) is 3.16. The fourth-order valence-electron chi connectivity index (χ4n) is 2.03. The minimum Gasteiger partial charge on any atom is -0.370 e. The summed E-state index contributed by atoms with van der Waals surface area (Å²) in [5.74, 6) is 0.516. The van der Waals surface area contributed by atoms with Crippen LogP contribution in [0.25, 0.3) is 0 Å². The van der Waals surface area contributed by atoms with Crippen LogP contribution < -0.4 is 11.1 Å². The standard InChI is InChI=1S/C16H28N4/c1-3-4-5-6-7-8-12-18-16(17)19-13-15-11-9-10-14(2)20-15/h9-11H,3-8,12-13H2,1-2H3,(H3,17,18,19). The Labute approximate surface area is 122 Å². The maximum atomic E-state index is 5.83. The fourth-order valence-corrected chi connectivity index (χ4v) is 2.03. The van der Waals surface area contributed by atoms with E-state index < -0.39 is 0 Å². The molecule has 1 aromatic heterocycles. The van der Waals surface area contributed by atoms with Crippen LogP contribution in [-0.4, -0.2) is 17.5 Å². The van der Waals surface area contributed by atoms with Crippen molar-refractivity contribution in [1.82, 2.24) is 10.3 Å². The lowest BCUT2D eigenvalue weighted by atomic mass is 10.1. The smallest absolute Gasteiger partial charge is 0.188 e. The topological polar surface area (TPSA) is 63.3 Å². The Bertz CT molecular complexity index is 401. The van der Waals surface area contributed by atoms with E-state index in [0.29, 0.717) is 12.5 Å². The number of unbranched alkanes of at least 4 members (excludes halogenated alkanes) is 5. The zero-order chi connectivity index (χ0) is 14.6. The molecule has 4 nitrogen and oxygen atoms in total. The summed E-state index contributed by atoms with van der Waals surface area (Å²) in [6.45, 7) is 5.66. The molecule has 1 rings (SSSR count). The normalized spacial score (nSPS) is 11.6. The summed E-state index contributed by atoms with van der Waals surface area (Å²) in [6, 6.07) is 5.94. The van der Waals surface area contributed by atoms with E-state index in [0.717, 1.165) is 24.4 Å². The molecule has 20 heavy (non-hydrogen) atoms. The molecule has 0 fully saturated rings. The highest BCUT2D eigenvalue weighted by Gasteiger charge is 1.95. The highest BCUT2D eigenvalue weighted by Crippen LogP contribution is 2.04. The molecule has 0 bridgehead atoms. The second-order valence-corrected chi connectivity index (χ2v) is 5.17. The van der Waals surface area contributed by atoms with Gasteiger partial charge in [-0.05, 0) is 25.5 Å². The molecule has 0 unspecified atom stereocenters. The number of hydrogen-bond acceptors (Lipinski definition) is 2. The number of nitrogens with zero attached hydrogens (tertiary/aromatic N) is 2. The van der Waals surface area contributed by atoms with Crippen molar-refractivity contribution in [2.45, 2.75) is 58.9 Å². The van der Waals surface area contributed by atoms with Gasteiger partial charge in [0.25, 0.3) is 0 Å². The van der Waals surface area contributed by atoms with Gasteiger partial charge < -0.3 is 11.1 Å². The van der Waals surface area contributed by atoms with Crippen molar-refractivity contribution in [3.8, 4) is 0 Å². The molecule has 1 heterocycles. The van der Waals surface area contributed by atoms with Crippen LogP contribution in [0.15, 0.2) is 23.2 Å². The van der Waals surface area contributed by atoms with Crippen LogP contribution in [0, 0.1) is 6.92 Å². The molecule has 0 saturated carbocycles. The molecule has 0 aliphatic heterocycles. The van der Waals surface area contributed by atoms with Gasteiger partial charge in [0, 0.05) is 12.2 Å². The van der Waals surface area contributed by atoms with E-state index in [1.54, 1.807) is 0 Å². The summed E-state index contributed by atoms with van der Waals surface area (Å²) in [7, 11) is 0. The van der Waals surface area contributed by atoms with Crippen molar-refractivity contribution in [2.24, 2.45) is 10.7 Å². The number of guanidine groups is 1. The SMILES string of the molecule is CCCCCCCCNC(N)=NCc1cccc(C)n1. The first kappa shape index (κ1) is 16.5. The summed E-state index contributed by atoms with van der Waals surface area (Å²) < 4.78 is 0. The third-order valence-electron chi connectivity index (χ3n) is 3.19. The van der Waals surface area contributed by atoms with Gasteiger partial charge in [-0.3, -0.25) is 4.98 Å². The zero-order valence-electron chi connectivity index (χ0n) is 12.9. The monoisotopic (exact) mass is 276 g/mol. The average molecular weight is 276 g/mol. The minimum atomic E-state index is 0.516. The van der Waals surface area contributed by atoms with Crippen LogP contribution in [0.3, 0.4) is 0 Å². The lowest BCUT2D eigenvalue weighted by Crippen LogP contribution is -2.32. The molecule has 0 aromatic carbocycles. The van der Waals surface area contributed by atoms with Crippen molar-refractivity contribution >= 4 is 5.96 Å². The van der Waals surface area contributed by atoms with Gasteiger partial charge in [-0.15, -0.1) is 0 Å². The van der Waals surface area contributed by atoms with Crippen LogP contribution in [0.2, 0.25) is 0 Å². The van der Waals surface area contributed by atoms with Crippen molar-refractivity contribution < 1.29 is 0 Å². The number of nitrogens with one attached hydrogen (secondary N) is 1. The van der Waals surface area contributed by atoms with E-state index in [9.17, 15) is 0 Å². The van der Waals surface area contributed by atoms with Gasteiger partial charge in [-0.25, -0.2) is 4.99 Å². The molecular formula is C16H28N4. The molecule has 0 aliphatic carbocycles. The number of pyridine rings is 1. The molecule has 0 aliphatic rings. The first-order valence-corrected chi connectivity index (χ1v) is 7.68. The van der Waals surface area contributed by atoms with Crippen LogP contribution in [0.1, 0.15) is 56.8 Å². The number of aliphatic imine (C=N–C) groups is 1. The van der Waals surface area contributed by atoms with E-state index in [2.05, 4.69) is 22.2 Å². The van der Waals surface area contributed by atoms with E-state index in [1.165, 1.54) is 32.1 Å². The summed E-state index contributed by atoms with van der Waals surface area (Å²) >= 11 is 0. The average Bonchev–Trinajstić information content (AvgIpc) is 2.44. The number of aromatic nitrogens is 1. The second kappa shape index (κ2) is 10.2. The quantitative estimate of drug-likeness (QED) is 0.414. The van der Waals surface area contributed by atoms with E-state index in [1.807, 2.05) is 25.1 Å². The van der Waals surface area contributed by atoms with Crippen molar-refractivity contribution in [2.75, 3.05) is 6.54 Å². The Balaban J connectivity index is 2.12. The van der Waals surface area contributed by atoms with Crippen molar-refractivity contribution in [3.63, 3.8) is 0 Å². The molecule has 0 amide bonds. The Kier molecular flexibility index (Phi) is 8.43. The van der Waals surface area contributed by atoms with Crippen molar-refractivity contribution in [1.29, 1.82) is 0 Å². The predicted octanol–water partition coefficient (Wildman–Crippen LogP) is 3.15. The lowest BCUT2D eigenvalue weighted by Gasteiger charge is -2.05. The van der Waals surface area contributed by atoms with Gasteiger partial charge in [0.1, 0.15) is 0 Å². The van der Waals surface area contributed by atoms with E-state index in [-0.39, 0.29) is 0 Å². The van der Waals surface area contributed by atoms with Gasteiger partial charge in [0.15, 0.2) is 5.96 Å². The predicted molar refractivity (Wildman–Crippen MR) is 85.7 cm³/mol. The highest BCUT2D eigenvalue weighted by atomic mass is 15.1. The molecule has 0 radical (unpaired) electrons. The van der Waals surface area contributed by atoms with Crippen LogP contribution >= 0.6 is 0 Å². The molecule has 112 valence electrons. The van der Waals surface area contributed by atoms with E-state index >= 15 is 0 Å². The summed E-state index contributed by atoms with van der Waals surface area (Å²) in [6.07, 6.45) is 7.73. The molecule has 0 saturated heterocycles. The summed E-state index contributed by atoms with van der Waals surface area (Å²) in [5.41, 5.74) is 7.80. The Morgan fingerprint density at radius 1 is 1.20 bits per heavy atom. The van der Waals surface area contributed by atoms with Gasteiger partial charge >= 0.3 is 0 Å². The molecule has 1 aromatic rings. The maximum Gasteiger partial charge on any atom is 0.188 e. The number of nitrogens with two attached hydrogens (primary N) is 1. The maximum absolute atomic E-state index is 5.83. The molecule has 3 N–H and O–H groups in total. The largest absolute Gasteiger partial charge is 0.370 e. The second-order valence-electron chi connectivity index (χ2n) is 5.17. The molecular weight excluding hydrogens is 248 g/mol. The first-order chi connectivity index (χ1) is 9.72. The zero-order valence-corrected chi connectivity index (χ0v) is 12.9. The Hall–Kier alpha value is -1.58. The number of hydrogen-bond donors (Lipinski definition) is 2. The highest BCUT2D eigenvalue weighted by molar-refractivity contribution is 5.77. The minimum absolute atomic E-state index is 0.516. The third-order valence-corrected chi connectivity index (χ3v) is 3.19. The Morgan fingerprint density at radius 3 is 2.70 bits per heavy atom. The van der Waals surface area contributed by atoms with Crippen LogP contribution in [0.5, 0.6) is 0 Å². The van der Waals surface area contributed by atoms with Crippen LogP contribution in [0.4, 0.5) is 0 Å². The van der Waals surface area contributed by atoms with Crippen LogP contribution in [-0.2, 0) is 6.54 Å². The van der Waals surface area contributed by atoms with Gasteiger partial charge in [-0.2, -0.15) is 0 Å². The lowest BCUT2D eigenvalue weighted by molar-refractivity contribution is 0.601. The number of aryl methyl sites for hydroxylation is 1. The van der Waals surface area contributed by atoms with Gasteiger partial charge in [0.05, 0.1) is 12.2 Å². The van der Waals surface area contributed by atoms with E-state index in [4.69, 9.17) is 5.73 Å². The van der Waals surface area contributed by atoms with Crippen molar-refractivity contribution in [3.05, 3.63) is 29.6 Å². The van der Waals surface area contributed by atoms with Gasteiger partial charge in [-0.1, -0.05) is 45.1 Å². The Morgan fingerprint density at radius 2 is 1.95 bits per heavy atom. The fraction of sp³-hybridized carbons (Fsp3) is 0.625. The summed E-state index contributed by atoms with van der Waals surface area (Å²) in [4.78, 5) is 8.70. The molecule has 0 atom stereocenters. The first-order valence-electron chi connectivity index (χ1n) is 7.68. The molecule has 0 spiro atoms. The number of rotatable bonds is 9. The van der Waals surface area contributed by atoms with Gasteiger partial charge in [0.2, 0.25) is 0 Å². The molecule has 4 heteroatoms. The third kappa shape index (κ3) is 7.77.